The molecular weight excluding hydrogens is 265 g/mol. The molecule has 0 bridgehead atoms. The fourth-order valence-corrected chi connectivity index (χ4v) is 2.44. The molecule has 0 saturated heterocycles. The van der Waals surface area contributed by atoms with Crippen LogP contribution in [0.4, 0.5) is 4.39 Å². The molecule has 0 aliphatic carbocycles. The lowest BCUT2D eigenvalue weighted by Gasteiger charge is -2.21. The van der Waals surface area contributed by atoms with E-state index in [4.69, 9.17) is 11.6 Å². The average Bonchev–Trinajstić information content (AvgIpc) is 2.81. The van der Waals surface area contributed by atoms with Crippen LogP contribution < -0.4 is 5.32 Å². The van der Waals surface area contributed by atoms with E-state index in [-0.39, 0.29) is 17.9 Å². The zero-order chi connectivity index (χ0) is 13.8. The number of benzene rings is 1. The first kappa shape index (κ1) is 14.0. The average molecular weight is 282 g/mol. The fourth-order valence-electron chi connectivity index (χ4n) is 2.11. The van der Waals surface area contributed by atoms with E-state index in [0.29, 0.717) is 5.02 Å². The van der Waals surface area contributed by atoms with E-state index in [2.05, 4.69) is 17.3 Å². The van der Waals surface area contributed by atoms with Gasteiger partial charge in [0.1, 0.15) is 5.82 Å². The molecule has 2 aromatic rings. The molecule has 0 spiro atoms. The Labute approximate surface area is 117 Å². The molecule has 0 aliphatic heterocycles. The van der Waals surface area contributed by atoms with Gasteiger partial charge < -0.3 is 5.32 Å². The molecule has 2 atom stereocenters. The number of nitrogens with zero attached hydrogens (tertiary/aromatic N) is 2. The Morgan fingerprint density at radius 3 is 2.84 bits per heavy atom. The maximum Gasteiger partial charge on any atom is 0.124 e. The normalized spacial score (nSPS) is 14.3. The molecule has 0 saturated carbocycles. The summed E-state index contributed by atoms with van der Waals surface area (Å²) in [5.74, 6) is -0.314. The molecule has 1 aromatic carbocycles. The molecule has 1 aromatic heterocycles. The number of hydrogen-bond donors (Lipinski definition) is 1. The Bertz CT molecular complexity index is 527. The fraction of sp³-hybridized carbons (Fsp3) is 0.357. The maximum atomic E-state index is 13.0. The number of hydrogen-bond acceptors (Lipinski definition) is 2. The summed E-state index contributed by atoms with van der Waals surface area (Å²) >= 11 is 6.05. The van der Waals surface area contributed by atoms with E-state index < -0.39 is 0 Å². The van der Waals surface area contributed by atoms with Crippen LogP contribution in [0.25, 0.3) is 0 Å². The van der Waals surface area contributed by atoms with E-state index in [1.807, 2.05) is 23.9 Å². The predicted molar refractivity (Wildman–Crippen MR) is 74.6 cm³/mol. The molecule has 1 heterocycles. The van der Waals surface area contributed by atoms with Gasteiger partial charge in [0.25, 0.3) is 0 Å². The molecule has 2 rings (SSSR count). The van der Waals surface area contributed by atoms with Gasteiger partial charge in [-0.25, -0.2) is 4.39 Å². The first-order valence-corrected chi connectivity index (χ1v) is 6.62. The molecule has 19 heavy (non-hydrogen) atoms. The third-order valence-electron chi connectivity index (χ3n) is 2.98. The highest BCUT2D eigenvalue weighted by atomic mass is 35.5. The van der Waals surface area contributed by atoms with E-state index in [1.54, 1.807) is 12.3 Å². The standard InChI is InChI=1S/C14H17ClFN3/c1-10(9-19-7-3-6-17-19)18-11(2)13-5-4-12(16)8-14(13)15/h3-8,10-11,18H,9H2,1-2H3. The van der Waals surface area contributed by atoms with Crippen LogP contribution in [0, 0.1) is 5.82 Å². The molecule has 3 nitrogen and oxygen atoms in total. The van der Waals surface area contributed by atoms with Gasteiger partial charge in [0, 0.05) is 29.5 Å². The maximum absolute atomic E-state index is 13.0. The lowest BCUT2D eigenvalue weighted by atomic mass is 10.1. The zero-order valence-corrected chi connectivity index (χ0v) is 11.7. The second kappa shape index (κ2) is 6.17. The topological polar surface area (TPSA) is 29.9 Å². The molecule has 5 heteroatoms. The number of aromatic nitrogens is 2. The van der Waals surface area contributed by atoms with Crippen molar-refractivity contribution < 1.29 is 4.39 Å². The Morgan fingerprint density at radius 1 is 1.42 bits per heavy atom. The summed E-state index contributed by atoms with van der Waals surface area (Å²) in [6.45, 7) is 4.87. The Morgan fingerprint density at radius 2 is 2.21 bits per heavy atom. The van der Waals surface area contributed by atoms with Gasteiger partial charge in [-0.05, 0) is 37.6 Å². The van der Waals surface area contributed by atoms with Gasteiger partial charge in [-0.1, -0.05) is 17.7 Å². The monoisotopic (exact) mass is 281 g/mol. The van der Waals surface area contributed by atoms with Crippen LogP contribution >= 0.6 is 11.6 Å². The van der Waals surface area contributed by atoms with Crippen LogP contribution in [0.3, 0.4) is 0 Å². The van der Waals surface area contributed by atoms with Crippen molar-refractivity contribution in [2.24, 2.45) is 0 Å². The van der Waals surface area contributed by atoms with Crippen LogP contribution in [0.15, 0.2) is 36.7 Å². The summed E-state index contributed by atoms with van der Waals surface area (Å²) in [4.78, 5) is 0. The molecule has 0 aliphatic rings. The zero-order valence-electron chi connectivity index (χ0n) is 11.0. The SMILES string of the molecule is CC(Cn1cccn1)NC(C)c1ccc(F)cc1Cl. The molecule has 1 N–H and O–H groups in total. The highest BCUT2D eigenvalue weighted by Crippen LogP contribution is 2.24. The molecule has 0 fully saturated rings. The van der Waals surface area contributed by atoms with Crippen molar-refractivity contribution in [1.29, 1.82) is 0 Å². The van der Waals surface area contributed by atoms with Gasteiger partial charge in [-0.2, -0.15) is 5.10 Å². The summed E-state index contributed by atoms with van der Waals surface area (Å²) in [5.41, 5.74) is 0.899. The largest absolute Gasteiger partial charge is 0.306 e. The van der Waals surface area contributed by atoms with Crippen LogP contribution in [-0.2, 0) is 6.54 Å². The molecule has 102 valence electrons. The Kier molecular flexibility index (Phi) is 4.56. The quantitative estimate of drug-likeness (QED) is 0.910. The highest BCUT2D eigenvalue weighted by molar-refractivity contribution is 6.31. The van der Waals surface area contributed by atoms with Gasteiger partial charge in [0.05, 0.1) is 6.54 Å². The second-order valence-electron chi connectivity index (χ2n) is 4.68. The minimum absolute atomic E-state index is 0.0543. The minimum Gasteiger partial charge on any atom is -0.306 e. The first-order chi connectivity index (χ1) is 9.06. The highest BCUT2D eigenvalue weighted by Gasteiger charge is 2.13. The van der Waals surface area contributed by atoms with Crippen molar-refractivity contribution in [3.8, 4) is 0 Å². The number of halogens is 2. The van der Waals surface area contributed by atoms with Crippen molar-refractivity contribution in [1.82, 2.24) is 15.1 Å². The van der Waals surface area contributed by atoms with E-state index in [9.17, 15) is 4.39 Å². The van der Waals surface area contributed by atoms with Crippen LogP contribution in [-0.4, -0.2) is 15.8 Å². The third kappa shape index (κ3) is 3.78. The summed E-state index contributed by atoms with van der Waals surface area (Å²) in [5, 5.41) is 8.04. The van der Waals surface area contributed by atoms with Crippen molar-refractivity contribution in [2.45, 2.75) is 32.5 Å². The van der Waals surface area contributed by atoms with Crippen molar-refractivity contribution in [3.63, 3.8) is 0 Å². The van der Waals surface area contributed by atoms with E-state index >= 15 is 0 Å². The number of nitrogens with one attached hydrogen (secondary N) is 1. The summed E-state index contributed by atoms with van der Waals surface area (Å²) in [7, 11) is 0. The minimum atomic E-state index is -0.314. The van der Waals surface area contributed by atoms with Crippen LogP contribution in [0.2, 0.25) is 5.02 Å². The lowest BCUT2D eigenvalue weighted by Crippen LogP contribution is -2.32. The first-order valence-electron chi connectivity index (χ1n) is 6.24. The van der Waals surface area contributed by atoms with Gasteiger partial charge in [0.2, 0.25) is 0 Å². The molecule has 2 unspecified atom stereocenters. The number of rotatable bonds is 5. The van der Waals surface area contributed by atoms with Gasteiger partial charge >= 0.3 is 0 Å². The van der Waals surface area contributed by atoms with E-state index in [0.717, 1.165) is 12.1 Å². The summed E-state index contributed by atoms with van der Waals surface area (Å²) in [6, 6.07) is 6.67. The van der Waals surface area contributed by atoms with Crippen molar-refractivity contribution in [2.75, 3.05) is 0 Å². The summed E-state index contributed by atoms with van der Waals surface area (Å²) < 4.78 is 14.9. The van der Waals surface area contributed by atoms with Gasteiger partial charge in [0.15, 0.2) is 0 Å². The van der Waals surface area contributed by atoms with Gasteiger partial charge in [-0.15, -0.1) is 0 Å². The van der Waals surface area contributed by atoms with Crippen molar-refractivity contribution in [3.05, 3.63) is 53.1 Å². The molecule has 0 amide bonds. The Balaban J connectivity index is 1.98. The smallest absolute Gasteiger partial charge is 0.124 e. The van der Waals surface area contributed by atoms with Crippen LogP contribution in [0.5, 0.6) is 0 Å². The predicted octanol–water partition coefficient (Wildman–Crippen LogP) is 3.41. The third-order valence-corrected chi connectivity index (χ3v) is 3.31. The van der Waals surface area contributed by atoms with E-state index in [1.165, 1.54) is 12.1 Å². The lowest BCUT2D eigenvalue weighted by molar-refractivity contribution is 0.413. The Hall–Kier alpha value is -1.39. The second-order valence-corrected chi connectivity index (χ2v) is 5.09. The van der Waals surface area contributed by atoms with Crippen molar-refractivity contribution >= 4 is 11.6 Å². The van der Waals surface area contributed by atoms with Gasteiger partial charge in [-0.3, -0.25) is 4.68 Å². The summed E-state index contributed by atoms with van der Waals surface area (Å²) in [6.07, 6.45) is 3.68. The molecule has 0 radical (unpaired) electrons. The van der Waals surface area contributed by atoms with Crippen LogP contribution in [0.1, 0.15) is 25.5 Å². The molecular formula is C14H17ClFN3.